The summed E-state index contributed by atoms with van der Waals surface area (Å²) < 4.78 is 20.4. The molecule has 2 aromatic carbocycles. The lowest BCUT2D eigenvalue weighted by molar-refractivity contribution is -0.137. The molecule has 1 saturated carbocycles. The maximum absolute atomic E-state index is 13.6. The van der Waals surface area contributed by atoms with Gasteiger partial charge in [0.1, 0.15) is 11.9 Å². The van der Waals surface area contributed by atoms with Gasteiger partial charge in [-0.25, -0.2) is 14.2 Å². The normalized spacial score (nSPS) is 24.4. The maximum atomic E-state index is 13.6. The van der Waals surface area contributed by atoms with Gasteiger partial charge in [-0.1, -0.05) is 41.7 Å². The molecule has 0 N–H and O–H groups in total. The van der Waals surface area contributed by atoms with E-state index < -0.39 is 0 Å². The van der Waals surface area contributed by atoms with E-state index in [4.69, 9.17) is 9.72 Å². The number of aromatic nitrogens is 1. The maximum Gasteiger partial charge on any atom is 0.410 e. The van der Waals surface area contributed by atoms with Crippen LogP contribution in [0, 0.1) is 11.2 Å². The highest BCUT2D eigenvalue weighted by atomic mass is 32.1. The van der Waals surface area contributed by atoms with Crippen LogP contribution < -0.4 is 4.90 Å². The fraction of sp³-hybridized carbons (Fsp3) is 0.481. The molecule has 0 radical (unpaired) electrons. The molecule has 6 nitrogen and oxygen atoms in total. The summed E-state index contributed by atoms with van der Waals surface area (Å²) in [5.41, 5.74) is 2.50. The summed E-state index contributed by atoms with van der Waals surface area (Å²) >= 11 is 1.50. The minimum absolute atomic E-state index is 0.00843. The molecule has 1 spiro atoms. The van der Waals surface area contributed by atoms with Crippen LogP contribution in [0.15, 0.2) is 48.5 Å². The predicted octanol–water partition coefficient (Wildman–Crippen LogP) is 5.14. The Labute approximate surface area is 209 Å². The minimum atomic E-state index is -0.245. The zero-order valence-electron chi connectivity index (χ0n) is 20.2. The number of nitrogens with zero attached hydrogens (tertiary/aromatic N) is 4. The molecule has 35 heavy (non-hydrogen) atoms. The Balaban J connectivity index is 1.00. The zero-order valence-corrected chi connectivity index (χ0v) is 21.0. The number of hydrogen-bond donors (Lipinski definition) is 0. The number of carbonyl (C=O) groups excluding carboxylic acids is 1. The van der Waals surface area contributed by atoms with Gasteiger partial charge in [0.2, 0.25) is 0 Å². The Morgan fingerprint density at radius 1 is 1.11 bits per heavy atom. The fourth-order valence-corrected chi connectivity index (χ4v) is 7.18. The molecule has 2 saturated heterocycles. The second kappa shape index (κ2) is 8.75. The standard InChI is InChI=1S/C27H31FN4O2S/c1-18-13-31(25-29-23-9-8-21(28)10-24(23)35-25)14-19(2)32(18)26(33)34-22-11-27(12-22)16-30(17-27)15-20-6-4-3-5-7-20/h3-10,18-19,22H,11-17H2,1-2H3/t18-,19-/m1/s1. The van der Waals surface area contributed by atoms with E-state index in [1.807, 2.05) is 4.90 Å². The number of anilines is 1. The fourth-order valence-electron chi connectivity index (χ4n) is 6.17. The van der Waals surface area contributed by atoms with Gasteiger partial charge >= 0.3 is 6.09 Å². The topological polar surface area (TPSA) is 48.9 Å². The Morgan fingerprint density at radius 2 is 1.83 bits per heavy atom. The summed E-state index contributed by atoms with van der Waals surface area (Å²) in [6.45, 7) is 8.67. The molecule has 184 valence electrons. The van der Waals surface area contributed by atoms with Gasteiger partial charge in [0.05, 0.1) is 22.3 Å². The second-order valence-electron chi connectivity index (χ2n) is 10.7. The van der Waals surface area contributed by atoms with Crippen LogP contribution in [0.2, 0.25) is 0 Å². The number of hydrogen-bond acceptors (Lipinski definition) is 6. The first-order chi connectivity index (χ1) is 16.9. The Hall–Kier alpha value is -2.71. The molecule has 6 rings (SSSR count). The van der Waals surface area contributed by atoms with Gasteiger partial charge in [0.15, 0.2) is 5.13 Å². The first kappa shape index (κ1) is 22.7. The number of halogens is 1. The summed E-state index contributed by atoms with van der Waals surface area (Å²) in [6, 6.07) is 15.3. The van der Waals surface area contributed by atoms with E-state index in [9.17, 15) is 9.18 Å². The van der Waals surface area contributed by atoms with Crippen LogP contribution in [-0.2, 0) is 11.3 Å². The number of piperazine rings is 1. The lowest BCUT2D eigenvalue weighted by Gasteiger charge is -2.58. The van der Waals surface area contributed by atoms with Gasteiger partial charge in [-0.2, -0.15) is 0 Å². The van der Waals surface area contributed by atoms with E-state index in [-0.39, 0.29) is 30.1 Å². The van der Waals surface area contributed by atoms with Gasteiger partial charge in [-0.15, -0.1) is 0 Å². The third-order valence-electron chi connectivity index (χ3n) is 7.70. The Bertz CT molecular complexity index is 1210. The van der Waals surface area contributed by atoms with Crippen molar-refractivity contribution in [3.05, 3.63) is 59.9 Å². The van der Waals surface area contributed by atoms with Crippen molar-refractivity contribution in [3.8, 4) is 0 Å². The SMILES string of the molecule is C[C@@H]1CN(c2nc3ccc(F)cc3s2)C[C@@H](C)N1C(=O)OC1CC2(C1)CN(Cc1ccccc1)C2. The largest absolute Gasteiger partial charge is 0.446 e. The van der Waals surface area contributed by atoms with Crippen LogP contribution in [0.1, 0.15) is 32.3 Å². The highest BCUT2D eigenvalue weighted by Gasteiger charge is 2.54. The Morgan fingerprint density at radius 3 is 2.54 bits per heavy atom. The van der Waals surface area contributed by atoms with E-state index in [0.29, 0.717) is 18.5 Å². The molecule has 1 amide bonds. The van der Waals surface area contributed by atoms with Crippen LogP contribution in [0.3, 0.4) is 0 Å². The molecule has 2 atom stereocenters. The highest BCUT2D eigenvalue weighted by molar-refractivity contribution is 7.22. The molecule has 2 aliphatic heterocycles. The van der Waals surface area contributed by atoms with Crippen LogP contribution >= 0.6 is 11.3 Å². The molecule has 3 aromatic rings. The number of fused-ring (bicyclic) bond motifs is 1. The number of thiazole rings is 1. The van der Waals surface area contributed by atoms with Crippen molar-refractivity contribution < 1.29 is 13.9 Å². The number of carbonyl (C=O) groups is 1. The third-order valence-corrected chi connectivity index (χ3v) is 8.77. The molecule has 3 heterocycles. The summed E-state index contributed by atoms with van der Waals surface area (Å²) in [6.07, 6.45) is 1.76. The molecule has 3 aliphatic rings. The summed E-state index contributed by atoms with van der Waals surface area (Å²) in [4.78, 5) is 24.3. The van der Waals surface area contributed by atoms with Crippen molar-refractivity contribution in [1.29, 1.82) is 0 Å². The molecule has 1 aliphatic carbocycles. The van der Waals surface area contributed by atoms with Crippen LogP contribution in [-0.4, -0.2) is 65.2 Å². The number of amides is 1. The van der Waals surface area contributed by atoms with Crippen molar-refractivity contribution in [1.82, 2.24) is 14.8 Å². The summed E-state index contributed by atoms with van der Waals surface area (Å²) in [5, 5.41) is 0.878. The molecule has 8 heteroatoms. The summed E-state index contributed by atoms with van der Waals surface area (Å²) in [5.74, 6) is -0.245. The molecule has 0 bridgehead atoms. The van der Waals surface area contributed by atoms with Crippen LogP contribution in [0.25, 0.3) is 10.2 Å². The van der Waals surface area contributed by atoms with Gasteiger partial charge in [0.25, 0.3) is 0 Å². The van der Waals surface area contributed by atoms with Gasteiger partial charge in [-0.05, 0) is 50.5 Å². The van der Waals surface area contributed by atoms with Crippen molar-refractivity contribution in [2.45, 2.75) is 51.4 Å². The molecular formula is C27H31FN4O2S. The van der Waals surface area contributed by atoms with Crippen molar-refractivity contribution in [2.75, 3.05) is 31.1 Å². The molecule has 1 aromatic heterocycles. The Kier molecular flexibility index (Phi) is 5.68. The molecular weight excluding hydrogens is 463 g/mol. The van der Waals surface area contributed by atoms with Crippen LogP contribution in [0.5, 0.6) is 0 Å². The smallest absolute Gasteiger partial charge is 0.410 e. The quantitative estimate of drug-likeness (QED) is 0.503. The van der Waals surface area contributed by atoms with Crippen molar-refractivity contribution in [3.63, 3.8) is 0 Å². The van der Waals surface area contributed by atoms with E-state index in [1.54, 1.807) is 6.07 Å². The number of benzene rings is 2. The lowest BCUT2D eigenvalue weighted by atomic mass is 9.61. The second-order valence-corrected chi connectivity index (χ2v) is 11.7. The lowest BCUT2D eigenvalue weighted by Crippen LogP contribution is -2.64. The van der Waals surface area contributed by atoms with Crippen molar-refractivity contribution in [2.24, 2.45) is 5.41 Å². The number of likely N-dealkylation sites (tertiary alicyclic amines) is 1. The molecule has 0 unspecified atom stereocenters. The third kappa shape index (κ3) is 4.38. The first-order valence-electron chi connectivity index (χ1n) is 12.4. The number of ether oxygens (including phenoxy) is 1. The zero-order chi connectivity index (χ0) is 24.2. The monoisotopic (exact) mass is 494 g/mol. The van der Waals surface area contributed by atoms with Gasteiger partial charge in [-0.3, -0.25) is 9.80 Å². The number of rotatable bonds is 4. The average molecular weight is 495 g/mol. The highest BCUT2D eigenvalue weighted by Crippen LogP contribution is 2.50. The molecule has 3 fully saturated rings. The van der Waals surface area contributed by atoms with Crippen molar-refractivity contribution >= 4 is 32.8 Å². The van der Waals surface area contributed by atoms with E-state index in [0.717, 1.165) is 47.8 Å². The van der Waals surface area contributed by atoms with Crippen LogP contribution in [0.4, 0.5) is 14.3 Å². The summed E-state index contributed by atoms with van der Waals surface area (Å²) in [7, 11) is 0. The van der Waals surface area contributed by atoms with E-state index >= 15 is 0 Å². The van der Waals surface area contributed by atoms with E-state index in [2.05, 4.69) is 54.0 Å². The first-order valence-corrected chi connectivity index (χ1v) is 13.3. The predicted molar refractivity (Wildman–Crippen MR) is 136 cm³/mol. The van der Waals surface area contributed by atoms with E-state index in [1.165, 1.54) is 29.0 Å². The van der Waals surface area contributed by atoms with Gasteiger partial charge < -0.3 is 9.64 Å². The minimum Gasteiger partial charge on any atom is -0.446 e. The average Bonchev–Trinajstić information content (AvgIpc) is 3.19. The van der Waals surface area contributed by atoms with Gasteiger partial charge in [0, 0.05) is 38.1 Å².